The Labute approximate surface area is 163 Å². The lowest BCUT2D eigenvalue weighted by Gasteiger charge is -2.14. The van der Waals surface area contributed by atoms with Gasteiger partial charge in [0.2, 0.25) is 5.95 Å². The molecule has 0 radical (unpaired) electrons. The molecule has 0 aliphatic carbocycles. The molecule has 4 rings (SSSR count). The van der Waals surface area contributed by atoms with E-state index in [0.29, 0.717) is 5.95 Å². The number of hydrazone groups is 1. The van der Waals surface area contributed by atoms with Gasteiger partial charge in [-0.05, 0) is 29.3 Å². The molecule has 0 saturated heterocycles. The highest BCUT2D eigenvalue weighted by molar-refractivity contribution is 6.33. The zero-order chi connectivity index (χ0) is 19.7. The summed E-state index contributed by atoms with van der Waals surface area (Å²) in [6.07, 6.45) is 3.64. The van der Waals surface area contributed by atoms with Crippen LogP contribution in [0.5, 0.6) is 0 Å². The van der Waals surface area contributed by atoms with E-state index in [1.165, 1.54) is 0 Å². The molecule has 3 aromatic rings. The van der Waals surface area contributed by atoms with Crippen molar-refractivity contribution in [3.8, 4) is 0 Å². The van der Waals surface area contributed by atoms with Crippen LogP contribution in [0.25, 0.3) is 10.9 Å². The first-order valence-electron chi connectivity index (χ1n) is 9.07. The number of carboxylic acids is 1. The van der Waals surface area contributed by atoms with Crippen molar-refractivity contribution in [1.29, 1.82) is 0 Å². The Morgan fingerprint density at radius 2 is 2.18 bits per heavy atom. The molecule has 0 amide bonds. The molecule has 140 valence electrons. The number of nitrogens with zero attached hydrogens (tertiary/aromatic N) is 4. The second-order valence-corrected chi connectivity index (χ2v) is 7.13. The highest BCUT2D eigenvalue weighted by atomic mass is 16.4. The summed E-state index contributed by atoms with van der Waals surface area (Å²) >= 11 is 0. The Balaban J connectivity index is 1.66. The van der Waals surface area contributed by atoms with E-state index in [2.05, 4.69) is 20.4 Å². The fourth-order valence-corrected chi connectivity index (χ4v) is 3.39. The topological polar surface area (TPSA) is 90.7 Å². The van der Waals surface area contributed by atoms with Gasteiger partial charge in [0.15, 0.2) is 0 Å². The molecule has 1 unspecified atom stereocenters. The minimum absolute atomic E-state index is 0.0416. The Morgan fingerprint density at radius 1 is 1.32 bits per heavy atom. The van der Waals surface area contributed by atoms with Gasteiger partial charge in [0, 0.05) is 43.0 Å². The number of aromatic nitrogens is 2. The van der Waals surface area contributed by atoms with Crippen molar-refractivity contribution in [1.82, 2.24) is 15.0 Å². The van der Waals surface area contributed by atoms with Crippen molar-refractivity contribution < 1.29 is 9.90 Å². The van der Waals surface area contributed by atoms with Gasteiger partial charge in [0.25, 0.3) is 0 Å². The van der Waals surface area contributed by atoms with Crippen LogP contribution in [0.15, 0.2) is 47.7 Å². The molecule has 0 fully saturated rings. The van der Waals surface area contributed by atoms with Gasteiger partial charge in [0.1, 0.15) is 7.85 Å². The highest BCUT2D eigenvalue weighted by Gasteiger charge is 2.18. The molecule has 1 aliphatic rings. The van der Waals surface area contributed by atoms with Crippen LogP contribution in [-0.4, -0.2) is 53.7 Å². The van der Waals surface area contributed by atoms with Crippen LogP contribution < -0.4 is 10.8 Å². The van der Waals surface area contributed by atoms with Crippen LogP contribution in [-0.2, 0) is 11.2 Å². The zero-order valence-corrected chi connectivity index (χ0v) is 15.8. The molecule has 1 aliphatic heterocycles. The van der Waals surface area contributed by atoms with Crippen molar-refractivity contribution in [2.24, 2.45) is 5.10 Å². The fraction of sp³-hybridized carbons (Fsp3) is 0.200. The van der Waals surface area contributed by atoms with E-state index in [0.717, 1.165) is 39.7 Å². The normalized spacial score (nSPS) is 15.9. The van der Waals surface area contributed by atoms with E-state index in [1.807, 2.05) is 62.5 Å². The van der Waals surface area contributed by atoms with Crippen LogP contribution >= 0.6 is 0 Å². The lowest BCUT2D eigenvalue weighted by Crippen LogP contribution is -2.13. The average molecular weight is 373 g/mol. The Hall–Kier alpha value is -3.42. The number of nitrogens with one attached hydrogen (secondary N) is 1. The number of likely N-dealkylation sites (N-methyl/N-ethyl adjacent to an activating group) is 1. The maximum absolute atomic E-state index is 11.2. The van der Waals surface area contributed by atoms with Gasteiger partial charge >= 0.3 is 5.97 Å². The Kier molecular flexibility index (Phi) is 4.69. The summed E-state index contributed by atoms with van der Waals surface area (Å²) in [6, 6.07) is 11.8. The van der Waals surface area contributed by atoms with Crippen LogP contribution in [0.4, 0.5) is 11.6 Å². The number of aliphatic carboxylic acids is 1. The van der Waals surface area contributed by atoms with Crippen LogP contribution in [0.3, 0.4) is 0 Å². The second kappa shape index (κ2) is 7.30. The van der Waals surface area contributed by atoms with E-state index in [4.69, 9.17) is 0 Å². The number of carboxylic acid groups (broad SMARTS) is 1. The molecule has 2 heterocycles. The standard InChI is InChI=1S/C20H20BN5O2/c1-26-11-15(10-23-26)13-4-12(6-19(27)28)5-17(8-13)24-20-22-9-14-7-16(21)2-3-18(14)25-20/h2-5,7-10,15H,6,11,21H2,1H3,(H,27,28)(H,22,24,25). The van der Waals surface area contributed by atoms with Gasteiger partial charge in [-0.15, -0.1) is 0 Å². The van der Waals surface area contributed by atoms with E-state index in [1.54, 1.807) is 6.20 Å². The summed E-state index contributed by atoms with van der Waals surface area (Å²) in [7, 11) is 3.95. The quantitative estimate of drug-likeness (QED) is 0.655. The van der Waals surface area contributed by atoms with Gasteiger partial charge < -0.3 is 10.4 Å². The SMILES string of the molecule is Bc1ccc2nc(Nc3cc(CC(=O)O)cc(C4C=NN(C)C4)c3)ncc2c1. The summed E-state index contributed by atoms with van der Waals surface area (Å²) < 4.78 is 0. The van der Waals surface area contributed by atoms with Gasteiger partial charge in [-0.25, -0.2) is 9.97 Å². The molecule has 0 spiro atoms. The third kappa shape index (κ3) is 3.95. The molecule has 2 aromatic carbocycles. The van der Waals surface area contributed by atoms with E-state index in [9.17, 15) is 9.90 Å². The summed E-state index contributed by atoms with van der Waals surface area (Å²) in [5.74, 6) is -0.260. The molecule has 28 heavy (non-hydrogen) atoms. The van der Waals surface area contributed by atoms with Crippen molar-refractivity contribution in [2.45, 2.75) is 12.3 Å². The Morgan fingerprint density at radius 3 is 2.93 bits per heavy atom. The first-order chi connectivity index (χ1) is 13.5. The van der Waals surface area contributed by atoms with Gasteiger partial charge in [-0.1, -0.05) is 23.7 Å². The summed E-state index contributed by atoms with van der Waals surface area (Å²) in [5, 5.41) is 19.6. The van der Waals surface area contributed by atoms with Gasteiger partial charge in [0.05, 0.1) is 11.9 Å². The molecule has 0 saturated carbocycles. The summed E-state index contributed by atoms with van der Waals surface area (Å²) in [5.41, 5.74) is 4.53. The maximum Gasteiger partial charge on any atom is 0.307 e. The maximum atomic E-state index is 11.2. The first-order valence-corrected chi connectivity index (χ1v) is 9.07. The minimum Gasteiger partial charge on any atom is -0.481 e. The largest absolute Gasteiger partial charge is 0.481 e. The second-order valence-electron chi connectivity index (χ2n) is 7.13. The lowest BCUT2D eigenvalue weighted by molar-refractivity contribution is -0.136. The number of hydrogen-bond acceptors (Lipinski definition) is 6. The summed E-state index contributed by atoms with van der Waals surface area (Å²) in [4.78, 5) is 20.2. The minimum atomic E-state index is -0.863. The number of fused-ring (bicyclic) bond motifs is 1. The third-order valence-corrected chi connectivity index (χ3v) is 4.69. The molecular weight excluding hydrogens is 353 g/mol. The van der Waals surface area contributed by atoms with E-state index >= 15 is 0 Å². The zero-order valence-electron chi connectivity index (χ0n) is 15.8. The van der Waals surface area contributed by atoms with Crippen LogP contribution in [0.1, 0.15) is 17.0 Å². The van der Waals surface area contributed by atoms with Crippen molar-refractivity contribution in [3.05, 3.63) is 53.7 Å². The molecule has 8 heteroatoms. The smallest absolute Gasteiger partial charge is 0.307 e. The fourth-order valence-electron chi connectivity index (χ4n) is 3.39. The molecule has 2 N–H and O–H groups in total. The molecule has 1 atom stereocenters. The van der Waals surface area contributed by atoms with Crippen molar-refractivity contribution in [2.75, 3.05) is 18.9 Å². The van der Waals surface area contributed by atoms with Crippen molar-refractivity contribution in [3.63, 3.8) is 0 Å². The summed E-state index contributed by atoms with van der Waals surface area (Å²) in [6.45, 7) is 0.766. The van der Waals surface area contributed by atoms with Crippen LogP contribution in [0, 0.1) is 0 Å². The number of carbonyl (C=O) groups is 1. The molecule has 7 nitrogen and oxygen atoms in total. The van der Waals surface area contributed by atoms with E-state index < -0.39 is 5.97 Å². The van der Waals surface area contributed by atoms with Crippen molar-refractivity contribution >= 4 is 48.0 Å². The van der Waals surface area contributed by atoms with Gasteiger partial charge in [-0.2, -0.15) is 5.10 Å². The monoisotopic (exact) mass is 373 g/mol. The number of benzene rings is 2. The average Bonchev–Trinajstić information content (AvgIpc) is 3.07. The molecular formula is C20H20BN5O2. The predicted octanol–water partition coefficient (Wildman–Crippen LogP) is 1.27. The number of hydrogen-bond donors (Lipinski definition) is 2. The number of anilines is 2. The van der Waals surface area contributed by atoms with Crippen LogP contribution in [0.2, 0.25) is 0 Å². The highest BCUT2D eigenvalue weighted by Crippen LogP contribution is 2.26. The van der Waals surface area contributed by atoms with Gasteiger partial charge in [-0.3, -0.25) is 9.80 Å². The van der Waals surface area contributed by atoms with E-state index in [-0.39, 0.29) is 12.3 Å². The molecule has 0 bridgehead atoms. The number of rotatable bonds is 5. The first kappa shape index (κ1) is 18.0. The predicted molar refractivity (Wildman–Crippen MR) is 113 cm³/mol. The third-order valence-electron chi connectivity index (χ3n) is 4.69. The Bertz CT molecular complexity index is 1090. The lowest BCUT2D eigenvalue weighted by atomic mass is 9.95. The molecule has 1 aromatic heterocycles.